The molecule has 1 fully saturated rings. The molecule has 0 heterocycles. The quantitative estimate of drug-likeness (QED) is 0.842. The summed E-state index contributed by atoms with van der Waals surface area (Å²) >= 11 is 12.2. The predicted molar refractivity (Wildman–Crippen MR) is 95.7 cm³/mol. The standard InChI is InChI=1S/C18H16Cl2N2O2/c19-15-5-2-6-16(20)14(15)10-17(23)21-13-4-1-3-11(9-13)18(24)22-12-7-8-12/h1-6,9,12H,7-8,10H2,(H,21,23)(H,22,24). The Morgan fingerprint density at radius 3 is 2.38 bits per heavy atom. The van der Waals surface area contributed by atoms with Crippen molar-refractivity contribution in [3.05, 3.63) is 63.6 Å². The molecule has 3 rings (SSSR count). The Kier molecular flexibility index (Phi) is 5.07. The van der Waals surface area contributed by atoms with E-state index in [0.717, 1.165) is 12.8 Å². The minimum absolute atomic E-state index is 0.0665. The number of benzene rings is 2. The second-order valence-corrected chi connectivity index (χ2v) is 6.57. The first-order valence-electron chi connectivity index (χ1n) is 7.66. The number of halogens is 2. The van der Waals surface area contributed by atoms with Crippen LogP contribution in [-0.2, 0) is 11.2 Å². The Morgan fingerprint density at radius 1 is 1.04 bits per heavy atom. The third-order valence-corrected chi connectivity index (χ3v) is 4.43. The topological polar surface area (TPSA) is 58.2 Å². The van der Waals surface area contributed by atoms with Gasteiger partial charge >= 0.3 is 0 Å². The van der Waals surface area contributed by atoms with Crippen molar-refractivity contribution in [3.8, 4) is 0 Å². The number of nitrogens with one attached hydrogen (secondary N) is 2. The monoisotopic (exact) mass is 362 g/mol. The summed E-state index contributed by atoms with van der Waals surface area (Å²) in [4.78, 5) is 24.3. The van der Waals surface area contributed by atoms with E-state index in [1.165, 1.54) is 0 Å². The molecule has 1 aliphatic carbocycles. The van der Waals surface area contributed by atoms with Crippen LogP contribution in [0.15, 0.2) is 42.5 Å². The summed E-state index contributed by atoms with van der Waals surface area (Å²) in [5.41, 5.74) is 1.67. The van der Waals surface area contributed by atoms with Crippen LogP contribution < -0.4 is 10.6 Å². The smallest absolute Gasteiger partial charge is 0.251 e. The van der Waals surface area contributed by atoms with Crippen LogP contribution in [-0.4, -0.2) is 17.9 Å². The second-order valence-electron chi connectivity index (χ2n) is 5.75. The molecule has 4 nitrogen and oxygen atoms in total. The molecule has 0 unspecified atom stereocenters. The summed E-state index contributed by atoms with van der Waals surface area (Å²) in [7, 11) is 0. The van der Waals surface area contributed by atoms with Gasteiger partial charge in [0.2, 0.25) is 5.91 Å². The first-order valence-corrected chi connectivity index (χ1v) is 8.42. The third-order valence-electron chi connectivity index (χ3n) is 3.72. The highest BCUT2D eigenvalue weighted by atomic mass is 35.5. The average Bonchev–Trinajstić information content (AvgIpc) is 3.35. The van der Waals surface area contributed by atoms with Crippen LogP contribution in [0.25, 0.3) is 0 Å². The first kappa shape index (κ1) is 16.8. The molecule has 1 aliphatic rings. The minimum atomic E-state index is -0.246. The van der Waals surface area contributed by atoms with Gasteiger partial charge in [-0.2, -0.15) is 0 Å². The number of hydrogen-bond donors (Lipinski definition) is 2. The van der Waals surface area contributed by atoms with E-state index < -0.39 is 0 Å². The molecule has 2 N–H and O–H groups in total. The van der Waals surface area contributed by atoms with Gasteiger partial charge in [-0.3, -0.25) is 9.59 Å². The Hall–Kier alpha value is -2.04. The van der Waals surface area contributed by atoms with E-state index in [1.54, 1.807) is 42.5 Å². The Balaban J connectivity index is 1.67. The SMILES string of the molecule is O=C(Cc1c(Cl)cccc1Cl)Nc1cccc(C(=O)NC2CC2)c1. The molecule has 0 saturated heterocycles. The van der Waals surface area contributed by atoms with Crippen molar-refractivity contribution >= 4 is 40.7 Å². The zero-order valence-corrected chi connectivity index (χ0v) is 14.3. The van der Waals surface area contributed by atoms with Gasteiger partial charge in [-0.05, 0) is 48.7 Å². The van der Waals surface area contributed by atoms with Gasteiger partial charge in [0.15, 0.2) is 0 Å². The molecule has 0 atom stereocenters. The Morgan fingerprint density at radius 2 is 1.71 bits per heavy atom. The van der Waals surface area contributed by atoms with Crippen LogP contribution in [0.5, 0.6) is 0 Å². The summed E-state index contributed by atoms with van der Waals surface area (Å²) in [6.45, 7) is 0. The molecule has 0 bridgehead atoms. The molecule has 0 radical (unpaired) electrons. The van der Waals surface area contributed by atoms with Crippen molar-refractivity contribution in [2.45, 2.75) is 25.3 Å². The van der Waals surface area contributed by atoms with Crippen LogP contribution in [0.4, 0.5) is 5.69 Å². The molecule has 0 spiro atoms. The van der Waals surface area contributed by atoms with Crippen molar-refractivity contribution in [2.24, 2.45) is 0 Å². The maximum atomic E-state index is 12.2. The molecule has 24 heavy (non-hydrogen) atoms. The van der Waals surface area contributed by atoms with Gasteiger partial charge in [-0.25, -0.2) is 0 Å². The van der Waals surface area contributed by atoms with Gasteiger partial charge in [0.1, 0.15) is 0 Å². The molecule has 1 saturated carbocycles. The number of amides is 2. The van der Waals surface area contributed by atoms with Gasteiger partial charge < -0.3 is 10.6 Å². The normalized spacial score (nSPS) is 13.4. The van der Waals surface area contributed by atoms with Gasteiger partial charge in [0.05, 0.1) is 6.42 Å². The lowest BCUT2D eigenvalue weighted by Crippen LogP contribution is -2.25. The molecule has 2 aromatic carbocycles. The molecule has 6 heteroatoms. The molecular formula is C18H16Cl2N2O2. The average molecular weight is 363 g/mol. The van der Waals surface area contributed by atoms with Crippen LogP contribution in [0.2, 0.25) is 10.0 Å². The van der Waals surface area contributed by atoms with E-state index in [-0.39, 0.29) is 24.3 Å². The Labute approximate surface area is 150 Å². The number of rotatable bonds is 5. The van der Waals surface area contributed by atoms with E-state index in [9.17, 15) is 9.59 Å². The van der Waals surface area contributed by atoms with E-state index in [0.29, 0.717) is 26.9 Å². The highest BCUT2D eigenvalue weighted by Crippen LogP contribution is 2.25. The number of carbonyl (C=O) groups is 2. The molecule has 2 aromatic rings. The number of carbonyl (C=O) groups excluding carboxylic acids is 2. The van der Waals surface area contributed by atoms with Crippen LogP contribution in [0.3, 0.4) is 0 Å². The van der Waals surface area contributed by atoms with Gasteiger partial charge in [0, 0.05) is 27.3 Å². The second kappa shape index (κ2) is 7.24. The summed E-state index contributed by atoms with van der Waals surface area (Å²) in [5.74, 6) is -0.368. The van der Waals surface area contributed by atoms with E-state index in [1.807, 2.05) is 0 Å². The largest absolute Gasteiger partial charge is 0.349 e. The van der Waals surface area contributed by atoms with Crippen LogP contribution in [0.1, 0.15) is 28.8 Å². The third kappa shape index (κ3) is 4.28. The molecule has 124 valence electrons. The molecular weight excluding hydrogens is 347 g/mol. The van der Waals surface area contributed by atoms with Crippen molar-refractivity contribution in [3.63, 3.8) is 0 Å². The molecule has 2 amide bonds. The van der Waals surface area contributed by atoms with Crippen molar-refractivity contribution in [1.82, 2.24) is 5.32 Å². The maximum absolute atomic E-state index is 12.2. The lowest BCUT2D eigenvalue weighted by atomic mass is 10.1. The molecule has 0 aromatic heterocycles. The summed E-state index contributed by atoms with van der Waals surface area (Å²) in [6, 6.07) is 12.3. The summed E-state index contributed by atoms with van der Waals surface area (Å²) in [5, 5.41) is 6.60. The highest BCUT2D eigenvalue weighted by Gasteiger charge is 2.23. The van der Waals surface area contributed by atoms with Crippen LogP contribution in [0, 0.1) is 0 Å². The minimum Gasteiger partial charge on any atom is -0.349 e. The maximum Gasteiger partial charge on any atom is 0.251 e. The van der Waals surface area contributed by atoms with Gasteiger partial charge in [0.25, 0.3) is 5.91 Å². The van der Waals surface area contributed by atoms with E-state index in [2.05, 4.69) is 10.6 Å². The van der Waals surface area contributed by atoms with Gasteiger partial charge in [-0.1, -0.05) is 35.3 Å². The molecule has 0 aliphatic heterocycles. The Bertz CT molecular complexity index is 768. The fraction of sp³-hybridized carbons (Fsp3) is 0.222. The van der Waals surface area contributed by atoms with Crippen LogP contribution >= 0.6 is 23.2 Å². The van der Waals surface area contributed by atoms with Gasteiger partial charge in [-0.15, -0.1) is 0 Å². The van der Waals surface area contributed by atoms with E-state index >= 15 is 0 Å². The van der Waals surface area contributed by atoms with Crippen molar-refractivity contribution in [2.75, 3.05) is 5.32 Å². The first-order chi connectivity index (χ1) is 11.5. The zero-order chi connectivity index (χ0) is 17.1. The van der Waals surface area contributed by atoms with Crippen molar-refractivity contribution < 1.29 is 9.59 Å². The number of hydrogen-bond acceptors (Lipinski definition) is 2. The summed E-state index contributed by atoms with van der Waals surface area (Å²) < 4.78 is 0. The lowest BCUT2D eigenvalue weighted by Gasteiger charge is -2.09. The lowest BCUT2D eigenvalue weighted by molar-refractivity contribution is -0.115. The zero-order valence-electron chi connectivity index (χ0n) is 12.8. The van der Waals surface area contributed by atoms with E-state index in [4.69, 9.17) is 23.2 Å². The number of anilines is 1. The summed E-state index contributed by atoms with van der Waals surface area (Å²) in [6.07, 6.45) is 2.12. The fourth-order valence-corrected chi connectivity index (χ4v) is 2.83. The fourth-order valence-electron chi connectivity index (χ4n) is 2.30. The predicted octanol–water partition coefficient (Wildman–Crippen LogP) is 4.07. The highest BCUT2D eigenvalue weighted by molar-refractivity contribution is 6.36. The van der Waals surface area contributed by atoms with Crippen molar-refractivity contribution in [1.29, 1.82) is 0 Å².